The number of hydrogen-bond donors (Lipinski definition) is 1. The van der Waals surface area contributed by atoms with Gasteiger partial charge in [-0.15, -0.1) is 0 Å². The first-order valence-corrected chi connectivity index (χ1v) is 8.50. The van der Waals surface area contributed by atoms with Gasteiger partial charge in [-0.25, -0.2) is 4.39 Å². The van der Waals surface area contributed by atoms with E-state index in [9.17, 15) is 4.39 Å². The first-order valence-electron chi connectivity index (χ1n) is 8.50. The molecule has 0 spiro atoms. The van der Waals surface area contributed by atoms with Crippen molar-refractivity contribution in [3.05, 3.63) is 29.6 Å². The van der Waals surface area contributed by atoms with Gasteiger partial charge in [-0.1, -0.05) is 19.8 Å². The summed E-state index contributed by atoms with van der Waals surface area (Å²) in [6, 6.07) is 6.21. The number of fused-ring (bicyclic) bond motifs is 1. The number of hydrogen-bond acceptors (Lipinski definition) is 2. The van der Waals surface area contributed by atoms with Gasteiger partial charge in [-0.3, -0.25) is 0 Å². The average Bonchev–Trinajstić information content (AvgIpc) is 2.91. The third-order valence-corrected chi connectivity index (χ3v) is 5.29. The van der Waals surface area contributed by atoms with Gasteiger partial charge in [-0.2, -0.15) is 0 Å². The van der Waals surface area contributed by atoms with Crippen LogP contribution in [0.1, 0.15) is 57.6 Å². The summed E-state index contributed by atoms with van der Waals surface area (Å²) >= 11 is 0. The largest absolute Gasteiger partial charge is 0.368 e. The third kappa shape index (κ3) is 2.94. The molecule has 21 heavy (non-hydrogen) atoms. The zero-order chi connectivity index (χ0) is 14.8. The van der Waals surface area contributed by atoms with Crippen LogP contribution in [0.15, 0.2) is 18.2 Å². The van der Waals surface area contributed by atoms with Gasteiger partial charge in [0.15, 0.2) is 0 Å². The van der Waals surface area contributed by atoms with E-state index in [1.165, 1.54) is 37.8 Å². The van der Waals surface area contributed by atoms with Crippen LogP contribution in [0.2, 0.25) is 0 Å². The van der Waals surface area contributed by atoms with Crippen molar-refractivity contribution >= 4 is 5.69 Å². The normalized spacial score (nSPS) is 26.7. The van der Waals surface area contributed by atoms with E-state index in [0.29, 0.717) is 6.04 Å². The molecule has 0 radical (unpaired) electrons. The Morgan fingerprint density at radius 2 is 2.10 bits per heavy atom. The molecule has 116 valence electrons. The fourth-order valence-corrected chi connectivity index (χ4v) is 4.25. The van der Waals surface area contributed by atoms with Gasteiger partial charge in [0.05, 0.1) is 0 Å². The molecule has 0 bridgehead atoms. The summed E-state index contributed by atoms with van der Waals surface area (Å²) < 4.78 is 13.7. The van der Waals surface area contributed by atoms with Crippen LogP contribution in [0.5, 0.6) is 0 Å². The predicted octanol–water partition coefficient (Wildman–Crippen LogP) is 4.27. The van der Waals surface area contributed by atoms with Crippen molar-refractivity contribution in [2.24, 2.45) is 5.92 Å². The zero-order valence-corrected chi connectivity index (χ0v) is 13.2. The highest BCUT2D eigenvalue weighted by Crippen LogP contribution is 2.41. The van der Waals surface area contributed by atoms with Crippen molar-refractivity contribution in [2.45, 2.75) is 58.0 Å². The van der Waals surface area contributed by atoms with E-state index >= 15 is 0 Å². The first kappa shape index (κ1) is 14.8. The van der Waals surface area contributed by atoms with E-state index < -0.39 is 0 Å². The van der Waals surface area contributed by atoms with E-state index in [4.69, 9.17) is 0 Å². The molecular weight excluding hydrogens is 263 g/mol. The van der Waals surface area contributed by atoms with E-state index in [2.05, 4.69) is 24.1 Å². The van der Waals surface area contributed by atoms with Crippen molar-refractivity contribution in [3.8, 4) is 0 Å². The van der Waals surface area contributed by atoms with Crippen LogP contribution >= 0.6 is 0 Å². The second kappa shape index (κ2) is 6.35. The lowest BCUT2D eigenvalue weighted by atomic mass is 9.85. The van der Waals surface area contributed by atoms with Crippen LogP contribution in [0.4, 0.5) is 10.1 Å². The van der Waals surface area contributed by atoms with Gasteiger partial charge < -0.3 is 10.2 Å². The van der Waals surface area contributed by atoms with Crippen molar-refractivity contribution in [2.75, 3.05) is 18.0 Å². The Morgan fingerprint density at radius 3 is 2.90 bits per heavy atom. The van der Waals surface area contributed by atoms with Gasteiger partial charge in [-0.05, 0) is 62.4 Å². The number of halogens is 1. The summed E-state index contributed by atoms with van der Waals surface area (Å²) in [5.74, 6) is 0.726. The molecule has 2 aliphatic rings. The Morgan fingerprint density at radius 1 is 1.29 bits per heavy atom. The molecule has 3 heteroatoms. The molecule has 0 aromatic heterocycles. The average molecular weight is 290 g/mol. The summed E-state index contributed by atoms with van der Waals surface area (Å²) in [5, 5.41) is 3.43. The maximum Gasteiger partial charge on any atom is 0.123 e. The molecule has 1 heterocycles. The van der Waals surface area contributed by atoms with Crippen molar-refractivity contribution in [3.63, 3.8) is 0 Å². The molecular formula is C18H27FN2. The second-order valence-electron chi connectivity index (χ2n) is 6.58. The molecule has 1 aromatic rings. The smallest absolute Gasteiger partial charge is 0.123 e. The van der Waals surface area contributed by atoms with E-state index in [1.54, 1.807) is 12.1 Å². The SMILES string of the molecule is CCNC(C)c1cc(F)ccc1N1CCC2CCCCC21. The van der Waals surface area contributed by atoms with Gasteiger partial charge in [0.2, 0.25) is 0 Å². The fourth-order valence-electron chi connectivity index (χ4n) is 4.25. The molecule has 3 unspecified atom stereocenters. The maximum absolute atomic E-state index is 13.7. The molecule has 1 aliphatic carbocycles. The van der Waals surface area contributed by atoms with Crippen LogP contribution in [0, 0.1) is 11.7 Å². The molecule has 3 atom stereocenters. The fraction of sp³-hybridized carbons (Fsp3) is 0.667. The molecule has 0 amide bonds. The standard InChI is InChI=1S/C18H27FN2/c1-3-20-13(2)16-12-15(19)8-9-18(16)21-11-10-14-6-4-5-7-17(14)21/h8-9,12-14,17,20H,3-7,10-11H2,1-2H3. The topological polar surface area (TPSA) is 15.3 Å². The van der Waals surface area contributed by atoms with Crippen LogP contribution in [0.3, 0.4) is 0 Å². The van der Waals surface area contributed by atoms with Gasteiger partial charge in [0.1, 0.15) is 5.82 Å². The highest BCUT2D eigenvalue weighted by atomic mass is 19.1. The summed E-state index contributed by atoms with van der Waals surface area (Å²) in [6.07, 6.45) is 6.71. The first-order chi connectivity index (χ1) is 10.2. The summed E-state index contributed by atoms with van der Waals surface area (Å²) in [7, 11) is 0. The van der Waals surface area contributed by atoms with Gasteiger partial charge in [0, 0.05) is 24.3 Å². The number of nitrogens with one attached hydrogen (secondary N) is 1. The Balaban J connectivity index is 1.90. The lowest BCUT2D eigenvalue weighted by Crippen LogP contribution is -2.36. The number of benzene rings is 1. The van der Waals surface area contributed by atoms with Crippen molar-refractivity contribution in [1.82, 2.24) is 5.32 Å². The lowest BCUT2D eigenvalue weighted by molar-refractivity contribution is 0.341. The quantitative estimate of drug-likeness (QED) is 0.891. The monoisotopic (exact) mass is 290 g/mol. The lowest BCUT2D eigenvalue weighted by Gasteiger charge is -2.35. The van der Waals surface area contributed by atoms with Gasteiger partial charge >= 0.3 is 0 Å². The highest BCUT2D eigenvalue weighted by molar-refractivity contribution is 5.57. The van der Waals surface area contributed by atoms with E-state index in [-0.39, 0.29) is 11.9 Å². The number of anilines is 1. The number of nitrogens with zero attached hydrogens (tertiary/aromatic N) is 1. The maximum atomic E-state index is 13.7. The minimum Gasteiger partial charge on any atom is -0.368 e. The molecule has 1 N–H and O–H groups in total. The molecule has 2 nitrogen and oxygen atoms in total. The summed E-state index contributed by atoms with van der Waals surface area (Å²) in [4.78, 5) is 2.56. The predicted molar refractivity (Wildman–Crippen MR) is 86.2 cm³/mol. The molecule has 1 saturated carbocycles. The van der Waals surface area contributed by atoms with Crippen LogP contribution in [-0.2, 0) is 0 Å². The Hall–Kier alpha value is -1.09. The van der Waals surface area contributed by atoms with Gasteiger partial charge in [0.25, 0.3) is 0 Å². The van der Waals surface area contributed by atoms with Crippen LogP contribution < -0.4 is 10.2 Å². The third-order valence-electron chi connectivity index (χ3n) is 5.29. The molecule has 1 aliphatic heterocycles. The summed E-state index contributed by atoms with van der Waals surface area (Å²) in [5.41, 5.74) is 2.36. The Bertz CT molecular complexity index is 488. The van der Waals surface area contributed by atoms with Crippen molar-refractivity contribution < 1.29 is 4.39 Å². The Labute approximate surface area is 127 Å². The number of rotatable bonds is 4. The second-order valence-corrected chi connectivity index (χ2v) is 6.58. The van der Waals surface area contributed by atoms with Crippen molar-refractivity contribution in [1.29, 1.82) is 0 Å². The molecule has 1 aromatic carbocycles. The minimum atomic E-state index is -0.127. The minimum absolute atomic E-state index is 0.127. The molecule has 2 fully saturated rings. The van der Waals surface area contributed by atoms with E-state index in [0.717, 1.165) is 24.6 Å². The summed E-state index contributed by atoms with van der Waals surface area (Å²) in [6.45, 7) is 6.27. The molecule has 3 rings (SSSR count). The van der Waals surface area contributed by atoms with Crippen LogP contribution in [-0.4, -0.2) is 19.1 Å². The highest BCUT2D eigenvalue weighted by Gasteiger charge is 2.36. The van der Waals surface area contributed by atoms with E-state index in [1.807, 2.05) is 6.07 Å². The molecule has 1 saturated heterocycles. The zero-order valence-electron chi connectivity index (χ0n) is 13.2. The van der Waals surface area contributed by atoms with Crippen LogP contribution in [0.25, 0.3) is 0 Å². The Kier molecular flexibility index (Phi) is 4.48.